The van der Waals surface area contributed by atoms with Crippen molar-refractivity contribution in [1.29, 1.82) is 0 Å². The normalized spacial score (nSPS) is 12.5. The highest BCUT2D eigenvalue weighted by Gasteiger charge is 2.29. The summed E-state index contributed by atoms with van der Waals surface area (Å²) in [6.45, 7) is 0. The van der Waals surface area contributed by atoms with E-state index in [2.05, 4.69) is 0 Å². The molecule has 4 heteroatoms. The Hall–Kier alpha value is -4.44. The van der Waals surface area contributed by atoms with E-state index in [0.29, 0.717) is 44.5 Å². The number of carbonyl (C=O) groups is 4. The molecule has 0 heterocycles. The summed E-state index contributed by atoms with van der Waals surface area (Å²) in [4.78, 5) is 48.4. The van der Waals surface area contributed by atoms with Gasteiger partial charge in [-0.05, 0) is 0 Å². The van der Waals surface area contributed by atoms with Crippen LogP contribution in [0.1, 0.15) is 78.5 Å². The molecule has 168 valence electrons. The third-order valence-corrected chi connectivity index (χ3v) is 5.67. The van der Waals surface area contributed by atoms with Gasteiger partial charge in [-0.25, -0.2) is 0 Å². The monoisotopic (exact) mass is 448 g/mol. The first-order chi connectivity index (χ1) is 15.6. The van der Waals surface area contributed by atoms with Crippen LogP contribution in [0.4, 0.5) is 0 Å². The SMILES string of the molecule is C.C.O=C1c2ccccc2C(=O)c2ccccc21.O=C1c2ccccc2C(=O)c2ccccc21. The Balaban J connectivity index is 0.000000180. The lowest BCUT2D eigenvalue weighted by atomic mass is 9.84. The number of ketones is 4. The van der Waals surface area contributed by atoms with Gasteiger partial charge in [-0.15, -0.1) is 0 Å². The second-order valence-electron chi connectivity index (χ2n) is 7.50. The molecule has 4 aromatic rings. The minimum atomic E-state index is -0.0641. The lowest BCUT2D eigenvalue weighted by Crippen LogP contribution is -2.20. The van der Waals surface area contributed by atoms with Crippen LogP contribution in [0.15, 0.2) is 97.1 Å². The van der Waals surface area contributed by atoms with Gasteiger partial charge in [0.15, 0.2) is 23.1 Å². The summed E-state index contributed by atoms with van der Waals surface area (Å²) in [7, 11) is 0. The molecule has 0 amide bonds. The van der Waals surface area contributed by atoms with E-state index in [0.717, 1.165) is 0 Å². The highest BCUT2D eigenvalue weighted by molar-refractivity contribution is 6.29. The van der Waals surface area contributed by atoms with Gasteiger partial charge in [0.2, 0.25) is 0 Å². The highest BCUT2D eigenvalue weighted by Crippen LogP contribution is 2.27. The molecule has 0 saturated carbocycles. The molecule has 34 heavy (non-hydrogen) atoms. The minimum Gasteiger partial charge on any atom is -0.289 e. The predicted molar refractivity (Wildman–Crippen MR) is 133 cm³/mol. The molecule has 6 rings (SSSR count). The second kappa shape index (κ2) is 9.59. The summed E-state index contributed by atoms with van der Waals surface area (Å²) in [5, 5.41) is 0. The van der Waals surface area contributed by atoms with Gasteiger partial charge in [0.25, 0.3) is 0 Å². The van der Waals surface area contributed by atoms with Gasteiger partial charge in [0, 0.05) is 44.5 Å². The van der Waals surface area contributed by atoms with E-state index in [-0.39, 0.29) is 38.0 Å². The predicted octanol–water partition coefficient (Wildman–Crippen LogP) is 6.20. The molecule has 4 nitrogen and oxygen atoms in total. The molecule has 0 aliphatic heterocycles. The van der Waals surface area contributed by atoms with Gasteiger partial charge >= 0.3 is 0 Å². The van der Waals surface area contributed by atoms with Crippen molar-refractivity contribution >= 4 is 23.1 Å². The van der Waals surface area contributed by atoms with Gasteiger partial charge in [0.1, 0.15) is 0 Å². The van der Waals surface area contributed by atoms with Crippen LogP contribution in [0.2, 0.25) is 0 Å². The quantitative estimate of drug-likeness (QED) is 0.278. The van der Waals surface area contributed by atoms with Crippen molar-refractivity contribution < 1.29 is 19.2 Å². The minimum absolute atomic E-state index is 0. The van der Waals surface area contributed by atoms with Crippen LogP contribution < -0.4 is 0 Å². The van der Waals surface area contributed by atoms with Crippen molar-refractivity contribution in [3.8, 4) is 0 Å². The third kappa shape index (κ3) is 3.80. The van der Waals surface area contributed by atoms with Gasteiger partial charge < -0.3 is 0 Å². The van der Waals surface area contributed by atoms with Gasteiger partial charge in [-0.2, -0.15) is 0 Å². The molecule has 0 aromatic heterocycles. The number of hydrogen-bond donors (Lipinski definition) is 0. The Morgan fingerprint density at radius 3 is 0.500 bits per heavy atom. The molecule has 0 atom stereocenters. The van der Waals surface area contributed by atoms with Gasteiger partial charge in [-0.3, -0.25) is 19.2 Å². The van der Waals surface area contributed by atoms with E-state index in [1.165, 1.54) is 0 Å². The summed E-state index contributed by atoms with van der Waals surface area (Å²) in [6, 6.07) is 27.8. The average molecular weight is 449 g/mol. The van der Waals surface area contributed by atoms with Crippen LogP contribution in [-0.4, -0.2) is 23.1 Å². The molecule has 0 saturated heterocycles. The van der Waals surface area contributed by atoms with E-state index in [9.17, 15) is 19.2 Å². The summed E-state index contributed by atoms with van der Waals surface area (Å²) >= 11 is 0. The lowest BCUT2D eigenvalue weighted by Gasteiger charge is -2.16. The van der Waals surface area contributed by atoms with Crippen LogP contribution >= 0.6 is 0 Å². The Morgan fingerprint density at radius 2 is 0.382 bits per heavy atom. The summed E-state index contributed by atoms with van der Waals surface area (Å²) in [5.41, 5.74) is 4.05. The molecule has 4 aromatic carbocycles. The Kier molecular flexibility index (Phi) is 6.83. The molecule has 0 fully saturated rings. The summed E-state index contributed by atoms with van der Waals surface area (Å²) in [5.74, 6) is -0.256. The van der Waals surface area contributed by atoms with Crippen molar-refractivity contribution in [3.05, 3.63) is 142 Å². The topological polar surface area (TPSA) is 68.3 Å². The molecular weight excluding hydrogens is 424 g/mol. The second-order valence-corrected chi connectivity index (χ2v) is 7.50. The smallest absolute Gasteiger partial charge is 0.194 e. The fourth-order valence-corrected chi connectivity index (χ4v) is 4.10. The van der Waals surface area contributed by atoms with Crippen molar-refractivity contribution in [3.63, 3.8) is 0 Å². The lowest BCUT2D eigenvalue weighted by molar-refractivity contribution is 0.0979. The van der Waals surface area contributed by atoms with E-state index < -0.39 is 0 Å². The third-order valence-electron chi connectivity index (χ3n) is 5.67. The largest absolute Gasteiger partial charge is 0.289 e. The van der Waals surface area contributed by atoms with E-state index in [1.54, 1.807) is 97.1 Å². The zero-order chi connectivity index (χ0) is 22.2. The zero-order valence-corrected chi connectivity index (χ0v) is 16.9. The summed E-state index contributed by atoms with van der Waals surface area (Å²) < 4.78 is 0. The molecule has 0 radical (unpaired) electrons. The van der Waals surface area contributed by atoms with E-state index >= 15 is 0 Å². The number of carbonyl (C=O) groups excluding carboxylic acids is 4. The zero-order valence-electron chi connectivity index (χ0n) is 16.9. The first-order valence-corrected chi connectivity index (χ1v) is 10.1. The first-order valence-electron chi connectivity index (χ1n) is 10.1. The Bertz CT molecular complexity index is 1120. The van der Waals surface area contributed by atoms with E-state index in [1.807, 2.05) is 0 Å². The number of benzene rings is 4. The molecule has 0 bridgehead atoms. The Labute approximate surface area is 198 Å². The van der Waals surface area contributed by atoms with Crippen LogP contribution in [0.5, 0.6) is 0 Å². The fraction of sp³-hybridized carbons (Fsp3) is 0.0667. The molecule has 2 aliphatic carbocycles. The van der Waals surface area contributed by atoms with Crippen LogP contribution in [0, 0.1) is 0 Å². The number of fused-ring (bicyclic) bond motifs is 4. The van der Waals surface area contributed by atoms with Gasteiger partial charge in [0.05, 0.1) is 0 Å². The average Bonchev–Trinajstić information content (AvgIpc) is 2.86. The fourth-order valence-electron chi connectivity index (χ4n) is 4.10. The molecule has 0 N–H and O–H groups in total. The standard InChI is InChI=1S/2C14H8O2.2CH4/c2*15-13-9-5-1-2-6-10(9)14(16)12-8-4-3-7-11(12)13;;/h2*1-8H;2*1H4. The highest BCUT2D eigenvalue weighted by atomic mass is 16.1. The van der Waals surface area contributed by atoms with Crippen LogP contribution in [0.25, 0.3) is 0 Å². The van der Waals surface area contributed by atoms with Crippen LogP contribution in [0.3, 0.4) is 0 Å². The van der Waals surface area contributed by atoms with Crippen molar-refractivity contribution in [2.75, 3.05) is 0 Å². The molecular formula is C30H24O4. The maximum Gasteiger partial charge on any atom is 0.194 e. The number of hydrogen-bond acceptors (Lipinski definition) is 4. The molecule has 0 unspecified atom stereocenters. The van der Waals surface area contributed by atoms with Crippen molar-refractivity contribution in [2.45, 2.75) is 14.9 Å². The maximum absolute atomic E-state index is 12.1. The first kappa shape index (κ1) is 24.2. The maximum atomic E-state index is 12.1. The molecule has 0 spiro atoms. The number of rotatable bonds is 0. The molecule has 2 aliphatic rings. The van der Waals surface area contributed by atoms with Crippen LogP contribution in [-0.2, 0) is 0 Å². The van der Waals surface area contributed by atoms with Crippen molar-refractivity contribution in [1.82, 2.24) is 0 Å². The van der Waals surface area contributed by atoms with Crippen molar-refractivity contribution in [2.24, 2.45) is 0 Å². The Morgan fingerprint density at radius 1 is 0.265 bits per heavy atom. The van der Waals surface area contributed by atoms with E-state index in [4.69, 9.17) is 0 Å². The van der Waals surface area contributed by atoms with Gasteiger partial charge in [-0.1, -0.05) is 112 Å². The summed E-state index contributed by atoms with van der Waals surface area (Å²) in [6.07, 6.45) is 0.